The molecule has 1 atom stereocenters. The average molecular weight is 341 g/mol. The first kappa shape index (κ1) is 14.7. The topological polar surface area (TPSA) is 68.8 Å². The van der Waals surface area contributed by atoms with Gasteiger partial charge >= 0.3 is 0 Å². The summed E-state index contributed by atoms with van der Waals surface area (Å²) < 4.78 is 7.28. The molecule has 3 heterocycles. The summed E-state index contributed by atoms with van der Waals surface area (Å²) in [6.07, 6.45) is 3.73. The van der Waals surface area contributed by atoms with Crippen LogP contribution in [0.2, 0.25) is 0 Å². The van der Waals surface area contributed by atoms with Gasteiger partial charge in [0.1, 0.15) is 11.8 Å². The van der Waals surface area contributed by atoms with E-state index in [0.29, 0.717) is 5.95 Å². The molecule has 1 N–H and O–H groups in total. The summed E-state index contributed by atoms with van der Waals surface area (Å²) in [5.41, 5.74) is 4.39. The fourth-order valence-electron chi connectivity index (χ4n) is 3.16. The molecule has 26 heavy (non-hydrogen) atoms. The molecule has 0 saturated carbocycles. The molecular formula is C20H15N5O. The van der Waals surface area contributed by atoms with E-state index < -0.39 is 0 Å². The highest BCUT2D eigenvalue weighted by atomic mass is 16.3. The zero-order valence-corrected chi connectivity index (χ0v) is 13.8. The van der Waals surface area contributed by atoms with Crippen LogP contribution < -0.4 is 5.32 Å². The first-order valence-electron chi connectivity index (χ1n) is 8.34. The average Bonchev–Trinajstić information content (AvgIpc) is 3.40. The molecule has 1 aliphatic heterocycles. The van der Waals surface area contributed by atoms with Gasteiger partial charge in [-0.2, -0.15) is 4.68 Å². The fourth-order valence-corrected chi connectivity index (χ4v) is 3.16. The molecule has 2 aromatic carbocycles. The van der Waals surface area contributed by atoms with Crippen molar-refractivity contribution in [1.82, 2.24) is 20.2 Å². The van der Waals surface area contributed by atoms with E-state index >= 15 is 0 Å². The van der Waals surface area contributed by atoms with E-state index in [1.54, 1.807) is 10.9 Å². The standard InChI is InChI=1S/C20H15N5O/c1-2-5-14(6-3-1)15-8-10-16(11-9-15)17-13-18(19-7-4-12-26-19)25-20(21-17)22-23-24-25/h1-13,18H,(H,21,22,24)/t18-/m1/s1. The van der Waals surface area contributed by atoms with Crippen molar-refractivity contribution in [2.45, 2.75) is 6.04 Å². The van der Waals surface area contributed by atoms with Crippen LogP contribution in [0, 0.1) is 0 Å². The van der Waals surface area contributed by atoms with Gasteiger partial charge in [0.2, 0.25) is 5.95 Å². The van der Waals surface area contributed by atoms with E-state index in [1.807, 2.05) is 30.3 Å². The van der Waals surface area contributed by atoms with Gasteiger partial charge in [0, 0.05) is 5.70 Å². The highest BCUT2D eigenvalue weighted by Crippen LogP contribution is 2.32. The quantitative estimate of drug-likeness (QED) is 0.610. The SMILES string of the molecule is C1=C(c2ccc(-c3ccccc3)cc2)Nc2nnnn2[C@H]1c1ccco1. The molecule has 2 aromatic heterocycles. The maximum atomic E-state index is 5.57. The molecule has 0 bridgehead atoms. The van der Waals surface area contributed by atoms with E-state index in [1.165, 1.54) is 11.1 Å². The third kappa shape index (κ3) is 2.48. The number of nitrogens with one attached hydrogen (secondary N) is 1. The van der Waals surface area contributed by atoms with Crippen molar-refractivity contribution in [3.05, 3.63) is 90.4 Å². The predicted octanol–water partition coefficient (Wildman–Crippen LogP) is 3.99. The lowest BCUT2D eigenvalue weighted by Crippen LogP contribution is -2.19. The van der Waals surface area contributed by atoms with Crippen molar-refractivity contribution >= 4 is 11.6 Å². The van der Waals surface area contributed by atoms with E-state index in [2.05, 4.69) is 63.3 Å². The Morgan fingerprint density at radius 1 is 0.846 bits per heavy atom. The number of allylic oxidation sites excluding steroid dienone is 1. The van der Waals surface area contributed by atoms with Crippen molar-refractivity contribution in [2.24, 2.45) is 0 Å². The lowest BCUT2D eigenvalue weighted by molar-refractivity contribution is 0.443. The normalized spacial score (nSPS) is 15.8. The Bertz CT molecular complexity index is 1050. The van der Waals surface area contributed by atoms with Crippen molar-refractivity contribution in [3.8, 4) is 11.1 Å². The molecule has 0 saturated heterocycles. The largest absolute Gasteiger partial charge is 0.467 e. The summed E-state index contributed by atoms with van der Waals surface area (Å²) in [6.45, 7) is 0. The van der Waals surface area contributed by atoms with Gasteiger partial charge in [-0.3, -0.25) is 0 Å². The van der Waals surface area contributed by atoms with E-state index in [9.17, 15) is 0 Å². The number of furan rings is 1. The predicted molar refractivity (Wildman–Crippen MR) is 98.1 cm³/mol. The van der Waals surface area contributed by atoms with Crippen molar-refractivity contribution in [3.63, 3.8) is 0 Å². The maximum Gasteiger partial charge on any atom is 0.248 e. The Morgan fingerprint density at radius 3 is 2.38 bits per heavy atom. The molecule has 0 aliphatic carbocycles. The molecule has 1 aliphatic rings. The number of nitrogens with zero attached hydrogens (tertiary/aromatic N) is 4. The van der Waals surface area contributed by atoms with Crippen LogP contribution in [0.3, 0.4) is 0 Å². The molecule has 5 rings (SSSR count). The second-order valence-electron chi connectivity index (χ2n) is 6.06. The Hall–Kier alpha value is -3.67. The van der Waals surface area contributed by atoms with Crippen LogP contribution in [0.15, 0.2) is 83.5 Å². The summed E-state index contributed by atoms with van der Waals surface area (Å²) in [4.78, 5) is 0. The van der Waals surface area contributed by atoms with Crippen LogP contribution in [0.1, 0.15) is 17.4 Å². The molecule has 0 radical (unpaired) electrons. The van der Waals surface area contributed by atoms with Gasteiger partial charge in [-0.15, -0.1) is 0 Å². The third-order valence-electron chi connectivity index (χ3n) is 4.47. The molecule has 0 fully saturated rings. The van der Waals surface area contributed by atoms with Gasteiger partial charge in [-0.1, -0.05) is 59.7 Å². The first-order chi connectivity index (χ1) is 12.9. The van der Waals surface area contributed by atoms with Gasteiger partial charge in [0.15, 0.2) is 0 Å². The van der Waals surface area contributed by atoms with Gasteiger partial charge in [0.25, 0.3) is 0 Å². The second-order valence-corrected chi connectivity index (χ2v) is 6.06. The van der Waals surface area contributed by atoms with Crippen molar-refractivity contribution in [2.75, 3.05) is 5.32 Å². The summed E-state index contributed by atoms with van der Waals surface area (Å²) >= 11 is 0. The highest BCUT2D eigenvalue weighted by Gasteiger charge is 2.26. The van der Waals surface area contributed by atoms with Gasteiger partial charge in [0.05, 0.1) is 6.26 Å². The van der Waals surface area contributed by atoms with E-state index in [4.69, 9.17) is 4.42 Å². The Kier molecular flexibility index (Phi) is 3.38. The summed E-state index contributed by atoms with van der Waals surface area (Å²) in [6, 6.07) is 22.4. The number of anilines is 1. The van der Waals surface area contributed by atoms with Crippen LogP contribution in [0.25, 0.3) is 16.8 Å². The van der Waals surface area contributed by atoms with E-state index in [0.717, 1.165) is 17.0 Å². The van der Waals surface area contributed by atoms with Gasteiger partial charge in [-0.25, -0.2) is 0 Å². The lowest BCUT2D eigenvalue weighted by Gasteiger charge is -2.21. The summed E-state index contributed by atoms with van der Waals surface area (Å²) in [5.74, 6) is 1.38. The highest BCUT2D eigenvalue weighted by molar-refractivity contribution is 5.78. The Labute approximate surface area is 149 Å². The lowest BCUT2D eigenvalue weighted by atomic mass is 10.0. The first-order valence-corrected chi connectivity index (χ1v) is 8.34. The summed E-state index contributed by atoms with van der Waals surface area (Å²) in [5, 5.41) is 15.2. The number of fused-ring (bicyclic) bond motifs is 1. The zero-order valence-electron chi connectivity index (χ0n) is 13.8. The molecule has 126 valence electrons. The molecule has 0 amide bonds. The van der Waals surface area contributed by atoms with Gasteiger partial charge < -0.3 is 9.73 Å². The number of hydrogen-bond donors (Lipinski definition) is 1. The molecule has 6 nitrogen and oxygen atoms in total. The zero-order chi connectivity index (χ0) is 17.3. The number of rotatable bonds is 3. The second kappa shape index (κ2) is 6.00. The minimum absolute atomic E-state index is 0.181. The number of hydrogen-bond acceptors (Lipinski definition) is 5. The summed E-state index contributed by atoms with van der Waals surface area (Å²) in [7, 11) is 0. The van der Waals surface area contributed by atoms with Crippen LogP contribution in [0.5, 0.6) is 0 Å². The minimum atomic E-state index is -0.181. The van der Waals surface area contributed by atoms with Crippen LogP contribution >= 0.6 is 0 Å². The van der Waals surface area contributed by atoms with Crippen LogP contribution in [-0.2, 0) is 0 Å². The third-order valence-corrected chi connectivity index (χ3v) is 4.47. The molecular weight excluding hydrogens is 326 g/mol. The smallest absolute Gasteiger partial charge is 0.248 e. The number of benzene rings is 2. The van der Waals surface area contributed by atoms with Crippen LogP contribution in [-0.4, -0.2) is 20.2 Å². The van der Waals surface area contributed by atoms with Crippen molar-refractivity contribution < 1.29 is 4.42 Å². The van der Waals surface area contributed by atoms with Crippen LogP contribution in [0.4, 0.5) is 5.95 Å². The monoisotopic (exact) mass is 341 g/mol. The van der Waals surface area contributed by atoms with E-state index in [-0.39, 0.29) is 6.04 Å². The Balaban J connectivity index is 1.52. The molecule has 6 heteroatoms. The maximum absolute atomic E-state index is 5.57. The molecule has 0 unspecified atom stereocenters. The minimum Gasteiger partial charge on any atom is -0.467 e. The fraction of sp³-hybridized carbons (Fsp3) is 0.0500. The Morgan fingerprint density at radius 2 is 1.62 bits per heavy atom. The number of aromatic nitrogens is 4. The van der Waals surface area contributed by atoms with Crippen molar-refractivity contribution in [1.29, 1.82) is 0 Å². The number of tetrazole rings is 1. The molecule has 4 aromatic rings. The molecule has 0 spiro atoms. The van der Waals surface area contributed by atoms with Gasteiger partial charge in [-0.05, 0) is 45.3 Å².